The number of hydrogen-bond acceptors (Lipinski definition) is 3. The van der Waals surface area contributed by atoms with Gasteiger partial charge in [-0.3, -0.25) is 9.59 Å². The quantitative estimate of drug-likeness (QED) is 0.803. The lowest BCUT2D eigenvalue weighted by Crippen LogP contribution is -2.47. The van der Waals surface area contributed by atoms with Crippen LogP contribution in [0.4, 0.5) is 0 Å². The number of imidazole rings is 1. The number of benzene rings is 1. The Kier molecular flexibility index (Phi) is 4.93. The van der Waals surface area contributed by atoms with Crippen molar-refractivity contribution in [1.82, 2.24) is 14.9 Å². The zero-order chi connectivity index (χ0) is 16.9. The van der Waals surface area contributed by atoms with Crippen molar-refractivity contribution in [3.63, 3.8) is 0 Å². The second-order valence-electron chi connectivity index (χ2n) is 6.22. The van der Waals surface area contributed by atoms with E-state index in [4.69, 9.17) is 5.73 Å². The summed E-state index contributed by atoms with van der Waals surface area (Å²) >= 11 is 0. The molecule has 0 aliphatic carbocycles. The molecule has 126 valence electrons. The van der Waals surface area contributed by atoms with Crippen molar-refractivity contribution in [3.05, 3.63) is 54.1 Å². The fourth-order valence-corrected chi connectivity index (χ4v) is 3.29. The number of aromatic amines is 1. The number of rotatable bonds is 7. The molecule has 0 saturated carbocycles. The molecule has 24 heavy (non-hydrogen) atoms. The maximum absolute atomic E-state index is 12.7. The summed E-state index contributed by atoms with van der Waals surface area (Å²) in [4.78, 5) is 33.1. The lowest BCUT2D eigenvalue weighted by Gasteiger charge is -2.25. The molecule has 2 amide bonds. The Labute approximate surface area is 141 Å². The number of carbonyl (C=O) groups is 2. The summed E-state index contributed by atoms with van der Waals surface area (Å²) in [6.07, 6.45) is 6.08. The number of primary amides is 1. The Bertz CT molecular complexity index is 684. The molecule has 1 aromatic heterocycles. The van der Waals surface area contributed by atoms with Gasteiger partial charge in [0.1, 0.15) is 6.04 Å². The summed E-state index contributed by atoms with van der Waals surface area (Å²) in [7, 11) is 0. The van der Waals surface area contributed by atoms with E-state index in [2.05, 4.69) is 22.1 Å². The first-order valence-electron chi connectivity index (χ1n) is 8.26. The van der Waals surface area contributed by atoms with Crippen molar-refractivity contribution in [2.24, 2.45) is 11.7 Å². The van der Waals surface area contributed by atoms with Crippen molar-refractivity contribution in [3.8, 4) is 0 Å². The molecule has 2 heterocycles. The summed E-state index contributed by atoms with van der Waals surface area (Å²) in [5.74, 6) is -0.480. The van der Waals surface area contributed by atoms with Gasteiger partial charge < -0.3 is 15.6 Å². The fraction of sp³-hybridized carbons (Fsp3) is 0.389. The zero-order valence-corrected chi connectivity index (χ0v) is 13.5. The minimum atomic E-state index is -0.623. The highest BCUT2D eigenvalue weighted by Gasteiger charge is 2.38. The number of aryl methyl sites for hydroxylation is 1. The number of nitrogens with zero attached hydrogens (tertiary/aromatic N) is 2. The summed E-state index contributed by atoms with van der Waals surface area (Å²) in [6.45, 7) is 0.580. The van der Waals surface area contributed by atoms with E-state index in [0.29, 0.717) is 13.0 Å². The minimum absolute atomic E-state index is 0.0327. The molecule has 1 aromatic carbocycles. The number of H-pyrrole nitrogens is 1. The van der Waals surface area contributed by atoms with Crippen LogP contribution in [0.25, 0.3) is 0 Å². The van der Waals surface area contributed by atoms with E-state index >= 15 is 0 Å². The van der Waals surface area contributed by atoms with Crippen molar-refractivity contribution in [2.45, 2.75) is 31.7 Å². The molecule has 2 atom stereocenters. The van der Waals surface area contributed by atoms with E-state index in [-0.39, 0.29) is 11.8 Å². The molecule has 0 bridgehead atoms. The van der Waals surface area contributed by atoms with Crippen molar-refractivity contribution >= 4 is 11.8 Å². The first-order valence-corrected chi connectivity index (χ1v) is 8.26. The minimum Gasteiger partial charge on any atom is -0.368 e. The Morgan fingerprint density at radius 3 is 2.83 bits per heavy atom. The maximum atomic E-state index is 12.7. The predicted octanol–water partition coefficient (Wildman–Crippen LogP) is 1.29. The molecule has 1 saturated heterocycles. The Morgan fingerprint density at radius 1 is 1.38 bits per heavy atom. The van der Waals surface area contributed by atoms with Gasteiger partial charge in [-0.1, -0.05) is 30.3 Å². The lowest BCUT2D eigenvalue weighted by molar-refractivity contribution is -0.138. The molecule has 1 fully saturated rings. The van der Waals surface area contributed by atoms with E-state index < -0.39 is 11.9 Å². The highest BCUT2D eigenvalue weighted by Crippen LogP contribution is 2.26. The van der Waals surface area contributed by atoms with E-state index in [9.17, 15) is 9.59 Å². The number of carbonyl (C=O) groups excluding carboxylic acids is 2. The van der Waals surface area contributed by atoms with Gasteiger partial charge in [0.15, 0.2) is 0 Å². The van der Waals surface area contributed by atoms with Crippen LogP contribution < -0.4 is 5.73 Å². The molecule has 2 aromatic rings. The number of hydrogen-bond donors (Lipinski definition) is 2. The van der Waals surface area contributed by atoms with Crippen LogP contribution in [-0.2, 0) is 22.4 Å². The maximum Gasteiger partial charge on any atom is 0.240 e. The third-order valence-corrected chi connectivity index (χ3v) is 4.64. The zero-order valence-electron chi connectivity index (χ0n) is 13.5. The number of nitrogens with two attached hydrogens (primary N) is 1. The predicted molar refractivity (Wildman–Crippen MR) is 89.9 cm³/mol. The molecule has 0 radical (unpaired) electrons. The van der Waals surface area contributed by atoms with Crippen LogP contribution in [0.5, 0.6) is 0 Å². The SMILES string of the molecule is NC(=O)[C@H](Cc1c[nH]cn1)N1CC[C@@H](CCc2ccccc2)C1=O. The second-order valence-corrected chi connectivity index (χ2v) is 6.22. The van der Waals surface area contributed by atoms with E-state index in [1.54, 1.807) is 17.4 Å². The van der Waals surface area contributed by atoms with Crippen LogP contribution in [0, 0.1) is 5.92 Å². The highest BCUT2D eigenvalue weighted by molar-refractivity contribution is 5.89. The molecule has 3 N–H and O–H groups in total. The number of aromatic nitrogens is 2. The van der Waals surface area contributed by atoms with E-state index in [0.717, 1.165) is 25.0 Å². The fourth-order valence-electron chi connectivity index (χ4n) is 3.29. The number of likely N-dealkylation sites (tertiary alicyclic amines) is 1. The van der Waals surface area contributed by atoms with E-state index in [1.165, 1.54) is 5.56 Å². The molecule has 0 spiro atoms. The average Bonchev–Trinajstić information content (AvgIpc) is 3.21. The van der Waals surface area contributed by atoms with Gasteiger partial charge in [-0.2, -0.15) is 0 Å². The molecule has 3 rings (SSSR count). The largest absolute Gasteiger partial charge is 0.368 e. The highest BCUT2D eigenvalue weighted by atomic mass is 16.2. The van der Waals surface area contributed by atoms with Gasteiger partial charge in [-0.05, 0) is 24.8 Å². The smallest absolute Gasteiger partial charge is 0.240 e. The van der Waals surface area contributed by atoms with Gasteiger partial charge in [-0.15, -0.1) is 0 Å². The number of amides is 2. The summed E-state index contributed by atoms with van der Waals surface area (Å²) in [5, 5.41) is 0. The van der Waals surface area contributed by atoms with Gasteiger partial charge in [0.25, 0.3) is 0 Å². The Morgan fingerprint density at radius 2 is 2.17 bits per heavy atom. The van der Waals surface area contributed by atoms with Crippen molar-refractivity contribution in [1.29, 1.82) is 0 Å². The van der Waals surface area contributed by atoms with Gasteiger partial charge in [-0.25, -0.2) is 4.98 Å². The molecular formula is C18H22N4O2. The van der Waals surface area contributed by atoms with Crippen LogP contribution in [0.1, 0.15) is 24.1 Å². The van der Waals surface area contributed by atoms with Crippen LogP contribution >= 0.6 is 0 Å². The van der Waals surface area contributed by atoms with Crippen LogP contribution in [-0.4, -0.2) is 39.3 Å². The van der Waals surface area contributed by atoms with Crippen molar-refractivity contribution < 1.29 is 9.59 Å². The second kappa shape index (κ2) is 7.29. The van der Waals surface area contributed by atoms with Gasteiger partial charge in [0.2, 0.25) is 11.8 Å². The molecule has 1 aliphatic heterocycles. The Hall–Kier alpha value is -2.63. The topological polar surface area (TPSA) is 92.1 Å². The molecule has 0 unspecified atom stereocenters. The average molecular weight is 326 g/mol. The first kappa shape index (κ1) is 16.2. The standard InChI is InChI=1S/C18H22N4O2/c19-17(23)16(10-15-11-20-12-21-15)22-9-8-14(18(22)24)7-6-13-4-2-1-3-5-13/h1-5,11-12,14,16H,6-10H2,(H2,19,23)(H,20,21)/t14-,16+/m1/s1. The van der Waals surface area contributed by atoms with Crippen LogP contribution in [0.2, 0.25) is 0 Å². The van der Waals surface area contributed by atoms with E-state index in [1.807, 2.05) is 18.2 Å². The van der Waals surface area contributed by atoms with Gasteiger partial charge >= 0.3 is 0 Å². The Balaban J connectivity index is 1.62. The molecular weight excluding hydrogens is 304 g/mol. The third kappa shape index (κ3) is 3.64. The summed E-state index contributed by atoms with van der Waals surface area (Å²) in [6, 6.07) is 9.51. The van der Waals surface area contributed by atoms with Crippen LogP contribution in [0.15, 0.2) is 42.9 Å². The summed E-state index contributed by atoms with van der Waals surface area (Å²) in [5.41, 5.74) is 7.50. The molecule has 6 heteroatoms. The molecule has 1 aliphatic rings. The van der Waals surface area contributed by atoms with Crippen LogP contribution in [0.3, 0.4) is 0 Å². The lowest BCUT2D eigenvalue weighted by atomic mass is 9.98. The monoisotopic (exact) mass is 326 g/mol. The number of nitrogens with one attached hydrogen (secondary N) is 1. The normalized spacial score (nSPS) is 18.8. The van der Waals surface area contributed by atoms with Gasteiger partial charge in [0, 0.05) is 25.1 Å². The molecule has 6 nitrogen and oxygen atoms in total. The third-order valence-electron chi connectivity index (χ3n) is 4.64. The first-order chi connectivity index (χ1) is 11.6. The summed E-state index contributed by atoms with van der Waals surface area (Å²) < 4.78 is 0. The van der Waals surface area contributed by atoms with Gasteiger partial charge in [0.05, 0.1) is 12.0 Å². The van der Waals surface area contributed by atoms with Crippen molar-refractivity contribution in [2.75, 3.05) is 6.54 Å².